The normalized spacial score (nSPS) is 13.4. The molecule has 1 aliphatic rings. The zero-order valence-corrected chi connectivity index (χ0v) is 10.6. The van der Waals surface area contributed by atoms with Crippen molar-refractivity contribution in [2.45, 2.75) is 26.2 Å². The highest BCUT2D eigenvalue weighted by Gasteiger charge is 2.16. The molecule has 3 nitrogen and oxygen atoms in total. The third kappa shape index (κ3) is 1.96. The van der Waals surface area contributed by atoms with Gasteiger partial charge in [-0.25, -0.2) is 0 Å². The number of rotatable bonds is 2. The minimum atomic E-state index is 0.879. The fourth-order valence-corrected chi connectivity index (χ4v) is 2.55. The summed E-state index contributed by atoms with van der Waals surface area (Å²) in [7, 11) is 0. The van der Waals surface area contributed by atoms with Crippen LogP contribution in [0.4, 0.5) is 5.82 Å². The lowest BCUT2D eigenvalue weighted by atomic mass is 10.0. The van der Waals surface area contributed by atoms with Gasteiger partial charge in [-0.15, -0.1) is 10.2 Å². The fraction of sp³-hybridized carbons (Fsp3) is 0.333. The first-order valence-corrected chi connectivity index (χ1v) is 6.57. The molecule has 92 valence electrons. The van der Waals surface area contributed by atoms with Crippen LogP contribution in [0.1, 0.15) is 24.5 Å². The Hall–Kier alpha value is -1.90. The standard InChI is InChI=1S/C15H17N3/c1-2-16-14-10-12-8-5-7-11-6-3-4-9-13(11)15(12)18-17-14/h3-4,6,9-10H,2,5,7-8H2,1H3,(H,16,17). The Morgan fingerprint density at radius 2 is 1.94 bits per heavy atom. The second-order valence-electron chi connectivity index (χ2n) is 4.64. The van der Waals surface area contributed by atoms with Gasteiger partial charge < -0.3 is 5.32 Å². The van der Waals surface area contributed by atoms with Crippen LogP contribution in [0.5, 0.6) is 0 Å². The van der Waals surface area contributed by atoms with E-state index in [0.717, 1.165) is 30.9 Å². The molecule has 1 heterocycles. The van der Waals surface area contributed by atoms with Crippen LogP contribution in [0.2, 0.25) is 0 Å². The van der Waals surface area contributed by atoms with Crippen LogP contribution in [-0.4, -0.2) is 16.7 Å². The summed E-state index contributed by atoms with van der Waals surface area (Å²) in [5.74, 6) is 0.885. The molecule has 0 spiro atoms. The molecule has 0 radical (unpaired) electrons. The minimum Gasteiger partial charge on any atom is -0.369 e. The topological polar surface area (TPSA) is 37.8 Å². The van der Waals surface area contributed by atoms with E-state index in [9.17, 15) is 0 Å². The Balaban J connectivity index is 2.10. The van der Waals surface area contributed by atoms with E-state index < -0.39 is 0 Å². The van der Waals surface area contributed by atoms with Gasteiger partial charge in [0.05, 0.1) is 5.69 Å². The molecule has 1 N–H and O–H groups in total. The molecular formula is C15H17N3. The Morgan fingerprint density at radius 1 is 1.11 bits per heavy atom. The summed E-state index contributed by atoms with van der Waals surface area (Å²) in [5, 5.41) is 11.9. The van der Waals surface area contributed by atoms with Crippen LogP contribution < -0.4 is 5.32 Å². The molecule has 0 atom stereocenters. The smallest absolute Gasteiger partial charge is 0.148 e. The third-order valence-electron chi connectivity index (χ3n) is 3.40. The number of nitrogens with zero attached hydrogens (tertiary/aromatic N) is 2. The molecule has 18 heavy (non-hydrogen) atoms. The Labute approximate surface area is 107 Å². The molecule has 2 aromatic rings. The van der Waals surface area contributed by atoms with Gasteiger partial charge >= 0.3 is 0 Å². The molecular weight excluding hydrogens is 222 g/mol. The molecule has 0 unspecified atom stereocenters. The number of hydrogen-bond acceptors (Lipinski definition) is 3. The van der Waals surface area contributed by atoms with E-state index in [1.165, 1.54) is 23.1 Å². The molecule has 0 bridgehead atoms. The lowest BCUT2D eigenvalue weighted by molar-refractivity contribution is 0.829. The largest absolute Gasteiger partial charge is 0.369 e. The van der Waals surface area contributed by atoms with E-state index in [0.29, 0.717) is 0 Å². The van der Waals surface area contributed by atoms with Crippen molar-refractivity contribution in [1.29, 1.82) is 0 Å². The van der Waals surface area contributed by atoms with Gasteiger partial charge in [0.2, 0.25) is 0 Å². The van der Waals surface area contributed by atoms with Crippen LogP contribution in [0, 0.1) is 0 Å². The second-order valence-corrected chi connectivity index (χ2v) is 4.64. The summed E-state index contributed by atoms with van der Waals surface area (Å²) >= 11 is 0. The molecule has 0 aliphatic heterocycles. The number of fused-ring (bicyclic) bond motifs is 3. The number of hydrogen-bond donors (Lipinski definition) is 1. The van der Waals surface area contributed by atoms with Crippen molar-refractivity contribution < 1.29 is 0 Å². The molecule has 3 rings (SSSR count). The lowest BCUT2D eigenvalue weighted by Crippen LogP contribution is -2.03. The number of benzene rings is 1. The summed E-state index contributed by atoms with van der Waals surface area (Å²) < 4.78 is 0. The quantitative estimate of drug-likeness (QED) is 0.875. The van der Waals surface area contributed by atoms with Gasteiger partial charge in [-0.1, -0.05) is 24.3 Å². The van der Waals surface area contributed by atoms with E-state index in [1.807, 2.05) is 0 Å². The van der Waals surface area contributed by atoms with Gasteiger partial charge in [-0.2, -0.15) is 0 Å². The van der Waals surface area contributed by atoms with E-state index >= 15 is 0 Å². The number of aryl methyl sites for hydroxylation is 2. The summed E-state index contributed by atoms with van der Waals surface area (Å²) in [6.45, 7) is 2.95. The molecule has 3 heteroatoms. The first-order valence-electron chi connectivity index (χ1n) is 6.57. The van der Waals surface area contributed by atoms with Gasteiger partial charge in [-0.05, 0) is 43.4 Å². The summed E-state index contributed by atoms with van der Waals surface area (Å²) in [4.78, 5) is 0. The van der Waals surface area contributed by atoms with Crippen molar-refractivity contribution >= 4 is 5.82 Å². The molecule has 0 amide bonds. The molecule has 0 fully saturated rings. The molecule has 1 aromatic carbocycles. The van der Waals surface area contributed by atoms with Gasteiger partial charge in [0.25, 0.3) is 0 Å². The Morgan fingerprint density at radius 3 is 2.83 bits per heavy atom. The summed E-state index contributed by atoms with van der Waals surface area (Å²) in [5.41, 5.74) is 5.01. The summed E-state index contributed by atoms with van der Waals surface area (Å²) in [6, 6.07) is 10.7. The highest BCUT2D eigenvalue weighted by molar-refractivity contribution is 5.68. The highest BCUT2D eigenvalue weighted by atomic mass is 15.2. The maximum Gasteiger partial charge on any atom is 0.148 e. The van der Waals surface area contributed by atoms with Crippen molar-refractivity contribution in [2.24, 2.45) is 0 Å². The second kappa shape index (κ2) is 4.77. The highest BCUT2D eigenvalue weighted by Crippen LogP contribution is 2.30. The van der Waals surface area contributed by atoms with Crippen LogP contribution in [0.15, 0.2) is 30.3 Å². The maximum absolute atomic E-state index is 4.43. The van der Waals surface area contributed by atoms with Crippen LogP contribution in [0.25, 0.3) is 11.3 Å². The van der Waals surface area contributed by atoms with Crippen LogP contribution >= 0.6 is 0 Å². The predicted molar refractivity (Wildman–Crippen MR) is 73.7 cm³/mol. The predicted octanol–water partition coefficient (Wildman–Crippen LogP) is 3.06. The first-order chi connectivity index (χ1) is 8.88. The number of nitrogens with one attached hydrogen (secondary N) is 1. The fourth-order valence-electron chi connectivity index (χ4n) is 2.55. The monoisotopic (exact) mass is 239 g/mol. The average molecular weight is 239 g/mol. The zero-order chi connectivity index (χ0) is 12.4. The minimum absolute atomic E-state index is 0.879. The van der Waals surface area contributed by atoms with Crippen molar-refractivity contribution in [3.05, 3.63) is 41.5 Å². The van der Waals surface area contributed by atoms with Crippen molar-refractivity contribution in [1.82, 2.24) is 10.2 Å². The summed E-state index contributed by atoms with van der Waals surface area (Å²) in [6.07, 6.45) is 3.39. The van der Waals surface area contributed by atoms with E-state index in [-0.39, 0.29) is 0 Å². The zero-order valence-electron chi connectivity index (χ0n) is 10.6. The van der Waals surface area contributed by atoms with Crippen molar-refractivity contribution in [3.63, 3.8) is 0 Å². The number of aromatic nitrogens is 2. The van der Waals surface area contributed by atoms with E-state index in [1.54, 1.807) is 0 Å². The maximum atomic E-state index is 4.43. The van der Waals surface area contributed by atoms with Crippen LogP contribution in [-0.2, 0) is 12.8 Å². The lowest BCUT2D eigenvalue weighted by Gasteiger charge is -2.09. The molecule has 0 saturated heterocycles. The number of anilines is 1. The van der Waals surface area contributed by atoms with Gasteiger partial charge in [-0.3, -0.25) is 0 Å². The third-order valence-corrected chi connectivity index (χ3v) is 3.40. The van der Waals surface area contributed by atoms with Crippen LogP contribution in [0.3, 0.4) is 0 Å². The van der Waals surface area contributed by atoms with Crippen molar-refractivity contribution in [3.8, 4) is 11.3 Å². The average Bonchev–Trinajstić information content (AvgIpc) is 2.58. The molecule has 1 aromatic heterocycles. The van der Waals surface area contributed by atoms with Crippen molar-refractivity contribution in [2.75, 3.05) is 11.9 Å². The molecule has 1 aliphatic carbocycles. The van der Waals surface area contributed by atoms with Gasteiger partial charge in [0, 0.05) is 12.1 Å². The van der Waals surface area contributed by atoms with E-state index in [2.05, 4.69) is 52.8 Å². The first kappa shape index (κ1) is 11.2. The Kier molecular flexibility index (Phi) is 2.97. The SMILES string of the molecule is CCNc1cc2c(nn1)-c1ccccc1CCC2. The van der Waals surface area contributed by atoms with E-state index in [4.69, 9.17) is 0 Å². The molecule has 0 saturated carbocycles. The van der Waals surface area contributed by atoms with Gasteiger partial charge in [0.1, 0.15) is 5.82 Å². The Bertz CT molecular complexity index is 563. The van der Waals surface area contributed by atoms with Gasteiger partial charge in [0.15, 0.2) is 0 Å².